The van der Waals surface area contributed by atoms with E-state index in [1.807, 2.05) is 26.0 Å². The minimum absolute atomic E-state index is 0.0388. The average molecular weight is 254 g/mol. The third-order valence-corrected chi connectivity index (χ3v) is 3.18. The molecule has 0 spiro atoms. The van der Waals surface area contributed by atoms with Crippen molar-refractivity contribution < 1.29 is 19.3 Å². The molecule has 2 rings (SSSR count). The van der Waals surface area contributed by atoms with E-state index in [4.69, 9.17) is 14.2 Å². The quantitative estimate of drug-likeness (QED) is 0.780. The number of hydrogen-bond acceptors (Lipinski definition) is 4. The van der Waals surface area contributed by atoms with Crippen LogP contribution in [0, 0.1) is 0 Å². The molecule has 2 heterocycles. The third-order valence-electron chi connectivity index (χ3n) is 3.18. The van der Waals surface area contributed by atoms with Gasteiger partial charge in [-0.15, -0.1) is 0 Å². The molecule has 18 heavy (non-hydrogen) atoms. The fourth-order valence-electron chi connectivity index (χ4n) is 2.30. The lowest BCUT2D eigenvalue weighted by Gasteiger charge is -2.19. The Morgan fingerprint density at radius 2 is 2.17 bits per heavy atom. The standard InChI is InChI=1S/C14H22O4/c1-10-6-7-16-11(8-10)4-5-12-13(9-15)18-14(2,3)17-12/h4-6,11-13,15H,7-9H2,1-3H3/b5-4-/t11-,12+,13+/m1/s1. The molecular weight excluding hydrogens is 232 g/mol. The Hall–Kier alpha value is -0.680. The van der Waals surface area contributed by atoms with Gasteiger partial charge in [0, 0.05) is 0 Å². The summed E-state index contributed by atoms with van der Waals surface area (Å²) >= 11 is 0. The molecule has 0 aromatic rings. The summed E-state index contributed by atoms with van der Waals surface area (Å²) in [5, 5.41) is 9.27. The second-order valence-corrected chi connectivity index (χ2v) is 5.33. The predicted molar refractivity (Wildman–Crippen MR) is 68.2 cm³/mol. The Morgan fingerprint density at radius 3 is 2.83 bits per heavy atom. The van der Waals surface area contributed by atoms with Gasteiger partial charge in [0.2, 0.25) is 0 Å². The molecule has 0 amide bonds. The van der Waals surface area contributed by atoms with Crippen molar-refractivity contribution in [3.63, 3.8) is 0 Å². The van der Waals surface area contributed by atoms with E-state index in [1.54, 1.807) is 0 Å². The van der Waals surface area contributed by atoms with Crippen molar-refractivity contribution in [2.45, 2.75) is 51.3 Å². The van der Waals surface area contributed by atoms with Crippen molar-refractivity contribution in [3.05, 3.63) is 23.8 Å². The van der Waals surface area contributed by atoms with Crippen LogP contribution in [0.25, 0.3) is 0 Å². The SMILES string of the molecule is CC1=CCO[C@H](/C=C\[C@@H]2OC(C)(C)O[C@H]2CO)C1. The Bertz CT molecular complexity index is 346. The van der Waals surface area contributed by atoms with E-state index in [2.05, 4.69) is 13.0 Å². The fraction of sp³-hybridized carbons (Fsp3) is 0.714. The first-order valence-electron chi connectivity index (χ1n) is 6.42. The number of hydrogen-bond donors (Lipinski definition) is 1. The van der Waals surface area contributed by atoms with Gasteiger partial charge in [0.25, 0.3) is 0 Å². The van der Waals surface area contributed by atoms with E-state index < -0.39 is 5.79 Å². The van der Waals surface area contributed by atoms with E-state index in [0.29, 0.717) is 6.61 Å². The zero-order valence-electron chi connectivity index (χ0n) is 11.3. The molecule has 0 aromatic carbocycles. The summed E-state index contributed by atoms with van der Waals surface area (Å²) in [6.45, 7) is 6.44. The van der Waals surface area contributed by atoms with Gasteiger partial charge in [-0.3, -0.25) is 0 Å². The molecule has 1 fully saturated rings. The zero-order chi connectivity index (χ0) is 13.2. The van der Waals surface area contributed by atoms with Crippen molar-refractivity contribution in [3.8, 4) is 0 Å². The van der Waals surface area contributed by atoms with Crippen molar-refractivity contribution in [2.24, 2.45) is 0 Å². The summed E-state index contributed by atoms with van der Waals surface area (Å²) < 4.78 is 16.9. The lowest BCUT2D eigenvalue weighted by Crippen LogP contribution is -2.25. The maximum Gasteiger partial charge on any atom is 0.164 e. The Morgan fingerprint density at radius 1 is 1.39 bits per heavy atom. The Labute approximate surface area is 108 Å². The predicted octanol–water partition coefficient (Wildman–Crippen LogP) is 1.79. The van der Waals surface area contributed by atoms with Gasteiger partial charge >= 0.3 is 0 Å². The molecule has 1 saturated heterocycles. The molecule has 0 radical (unpaired) electrons. The Kier molecular flexibility index (Phi) is 4.22. The van der Waals surface area contributed by atoms with Gasteiger partial charge < -0.3 is 19.3 Å². The van der Waals surface area contributed by atoms with Crippen molar-refractivity contribution in [1.29, 1.82) is 0 Å². The molecule has 4 nitrogen and oxygen atoms in total. The van der Waals surface area contributed by atoms with Crippen LogP contribution in [-0.4, -0.2) is 42.4 Å². The highest BCUT2D eigenvalue weighted by Gasteiger charge is 2.39. The molecule has 2 aliphatic heterocycles. The highest BCUT2D eigenvalue weighted by molar-refractivity contribution is 5.09. The maximum absolute atomic E-state index is 9.27. The monoisotopic (exact) mass is 254 g/mol. The smallest absolute Gasteiger partial charge is 0.164 e. The number of aliphatic hydroxyl groups is 1. The molecule has 0 unspecified atom stereocenters. The normalized spacial score (nSPS) is 36.0. The summed E-state index contributed by atoms with van der Waals surface area (Å²) in [6.07, 6.45) is 6.56. The number of rotatable bonds is 3. The molecule has 3 atom stereocenters. The van der Waals surface area contributed by atoms with Gasteiger partial charge in [-0.05, 0) is 27.2 Å². The molecule has 0 saturated carbocycles. The van der Waals surface area contributed by atoms with Gasteiger partial charge in [0.1, 0.15) is 12.2 Å². The van der Waals surface area contributed by atoms with Crippen molar-refractivity contribution >= 4 is 0 Å². The highest BCUT2D eigenvalue weighted by atomic mass is 16.8. The first-order valence-corrected chi connectivity index (χ1v) is 6.42. The molecule has 102 valence electrons. The summed E-state index contributed by atoms with van der Waals surface area (Å²) in [4.78, 5) is 0. The summed E-state index contributed by atoms with van der Waals surface area (Å²) in [6, 6.07) is 0. The molecular formula is C14H22O4. The van der Waals surface area contributed by atoms with Gasteiger partial charge in [0.15, 0.2) is 5.79 Å². The van der Waals surface area contributed by atoms with E-state index in [9.17, 15) is 5.11 Å². The van der Waals surface area contributed by atoms with Crippen LogP contribution in [0.4, 0.5) is 0 Å². The van der Waals surface area contributed by atoms with E-state index in [-0.39, 0.29) is 24.9 Å². The lowest BCUT2D eigenvalue weighted by molar-refractivity contribution is -0.146. The van der Waals surface area contributed by atoms with Crippen LogP contribution in [0.5, 0.6) is 0 Å². The first-order chi connectivity index (χ1) is 8.50. The number of ether oxygens (including phenoxy) is 3. The van der Waals surface area contributed by atoms with E-state index in [1.165, 1.54) is 5.57 Å². The van der Waals surface area contributed by atoms with Crippen LogP contribution in [0.3, 0.4) is 0 Å². The molecule has 0 aliphatic carbocycles. The third kappa shape index (κ3) is 3.42. The largest absolute Gasteiger partial charge is 0.394 e. The van der Waals surface area contributed by atoms with E-state index in [0.717, 1.165) is 6.42 Å². The van der Waals surface area contributed by atoms with Gasteiger partial charge in [-0.2, -0.15) is 0 Å². The average Bonchev–Trinajstić information content (AvgIpc) is 2.61. The Balaban J connectivity index is 1.94. The second-order valence-electron chi connectivity index (χ2n) is 5.33. The fourth-order valence-corrected chi connectivity index (χ4v) is 2.30. The van der Waals surface area contributed by atoms with Crippen molar-refractivity contribution in [1.82, 2.24) is 0 Å². The van der Waals surface area contributed by atoms with Crippen LogP contribution in [-0.2, 0) is 14.2 Å². The van der Waals surface area contributed by atoms with Crippen LogP contribution in [0.2, 0.25) is 0 Å². The van der Waals surface area contributed by atoms with Crippen LogP contribution in [0.15, 0.2) is 23.8 Å². The summed E-state index contributed by atoms with van der Waals surface area (Å²) in [5.74, 6) is -0.633. The second kappa shape index (κ2) is 5.53. The highest BCUT2D eigenvalue weighted by Crippen LogP contribution is 2.29. The molecule has 4 heteroatoms. The topological polar surface area (TPSA) is 47.9 Å². The molecule has 2 aliphatic rings. The van der Waals surface area contributed by atoms with Crippen LogP contribution in [0.1, 0.15) is 27.2 Å². The lowest BCUT2D eigenvalue weighted by atomic mass is 10.1. The first kappa shape index (κ1) is 13.7. The summed E-state index contributed by atoms with van der Waals surface area (Å²) in [7, 11) is 0. The van der Waals surface area contributed by atoms with Crippen LogP contribution >= 0.6 is 0 Å². The van der Waals surface area contributed by atoms with E-state index >= 15 is 0 Å². The minimum atomic E-state index is -0.633. The summed E-state index contributed by atoms with van der Waals surface area (Å²) in [5.41, 5.74) is 1.35. The molecule has 1 N–H and O–H groups in total. The van der Waals surface area contributed by atoms with Crippen LogP contribution < -0.4 is 0 Å². The minimum Gasteiger partial charge on any atom is -0.394 e. The number of aliphatic hydroxyl groups excluding tert-OH is 1. The van der Waals surface area contributed by atoms with Gasteiger partial charge in [-0.25, -0.2) is 0 Å². The zero-order valence-corrected chi connectivity index (χ0v) is 11.3. The maximum atomic E-state index is 9.27. The van der Waals surface area contributed by atoms with Gasteiger partial charge in [0.05, 0.1) is 19.3 Å². The van der Waals surface area contributed by atoms with Crippen molar-refractivity contribution in [2.75, 3.05) is 13.2 Å². The van der Waals surface area contributed by atoms with Gasteiger partial charge in [-0.1, -0.05) is 23.8 Å². The molecule has 0 aromatic heterocycles. The molecule has 0 bridgehead atoms.